The molecule has 0 aromatic heterocycles. The van der Waals surface area contributed by atoms with Crippen LogP contribution in [0.25, 0.3) is 0 Å². The van der Waals surface area contributed by atoms with Crippen molar-refractivity contribution in [2.45, 2.75) is 19.4 Å². The molecule has 0 saturated carbocycles. The monoisotopic (exact) mass is 178 g/mol. The third-order valence-electron chi connectivity index (χ3n) is 1.60. The fourth-order valence-corrected chi connectivity index (χ4v) is 0.927. The Bertz CT molecular complexity index is 318. The van der Waals surface area contributed by atoms with Crippen molar-refractivity contribution in [3.05, 3.63) is 35.6 Å². The zero-order valence-corrected chi connectivity index (χ0v) is 7.42. The lowest BCUT2D eigenvalue weighted by molar-refractivity contribution is 0.238. The number of hydrogen-bond acceptors (Lipinski definition) is 1. The normalized spacial score (nSPS) is 11.6. The van der Waals surface area contributed by atoms with Crippen molar-refractivity contribution in [3.8, 4) is 11.8 Å². The summed E-state index contributed by atoms with van der Waals surface area (Å²) in [6, 6.07) is 5.69. The molecule has 0 saturated heterocycles. The first kappa shape index (κ1) is 9.76. The van der Waals surface area contributed by atoms with E-state index in [9.17, 15) is 9.50 Å². The fourth-order valence-electron chi connectivity index (χ4n) is 0.927. The van der Waals surface area contributed by atoms with E-state index in [1.165, 1.54) is 24.3 Å². The Labute approximate surface area is 77.2 Å². The van der Waals surface area contributed by atoms with Gasteiger partial charge < -0.3 is 5.11 Å². The van der Waals surface area contributed by atoms with E-state index in [0.29, 0.717) is 12.0 Å². The molecule has 0 radical (unpaired) electrons. The minimum Gasteiger partial charge on any atom is -0.376 e. The van der Waals surface area contributed by atoms with Gasteiger partial charge in [-0.2, -0.15) is 0 Å². The molecular formula is C11H11FO. The van der Waals surface area contributed by atoms with Crippen LogP contribution in [0.5, 0.6) is 0 Å². The molecule has 0 spiro atoms. The number of benzene rings is 1. The lowest BCUT2D eigenvalue weighted by atomic mass is 10.1. The van der Waals surface area contributed by atoms with E-state index < -0.39 is 6.10 Å². The van der Waals surface area contributed by atoms with Crippen LogP contribution in [0.1, 0.15) is 25.0 Å². The topological polar surface area (TPSA) is 20.2 Å². The SMILES string of the molecule is CCC#CC(O)c1ccc(F)cc1. The quantitative estimate of drug-likeness (QED) is 0.654. The van der Waals surface area contributed by atoms with Gasteiger partial charge in [-0.25, -0.2) is 4.39 Å². The molecule has 0 aliphatic carbocycles. The van der Waals surface area contributed by atoms with E-state index in [1.807, 2.05) is 6.92 Å². The van der Waals surface area contributed by atoms with Gasteiger partial charge in [-0.05, 0) is 17.7 Å². The van der Waals surface area contributed by atoms with Crippen molar-refractivity contribution >= 4 is 0 Å². The van der Waals surface area contributed by atoms with Crippen molar-refractivity contribution in [1.29, 1.82) is 0 Å². The lowest BCUT2D eigenvalue weighted by Crippen LogP contribution is -1.93. The van der Waals surface area contributed by atoms with Crippen molar-refractivity contribution in [3.63, 3.8) is 0 Å². The maximum Gasteiger partial charge on any atom is 0.140 e. The van der Waals surface area contributed by atoms with E-state index in [1.54, 1.807) is 0 Å². The van der Waals surface area contributed by atoms with Crippen LogP contribution in [0.4, 0.5) is 4.39 Å². The summed E-state index contributed by atoms with van der Waals surface area (Å²) in [4.78, 5) is 0. The van der Waals surface area contributed by atoms with Crippen molar-refractivity contribution in [2.24, 2.45) is 0 Å². The van der Waals surface area contributed by atoms with Gasteiger partial charge in [0.05, 0.1) is 0 Å². The summed E-state index contributed by atoms with van der Waals surface area (Å²) in [7, 11) is 0. The fraction of sp³-hybridized carbons (Fsp3) is 0.273. The number of hydrogen-bond donors (Lipinski definition) is 1. The number of halogens is 1. The first-order valence-electron chi connectivity index (χ1n) is 4.16. The second-order valence-electron chi connectivity index (χ2n) is 2.63. The Morgan fingerprint density at radius 2 is 2.00 bits per heavy atom. The molecule has 1 rings (SSSR count). The molecule has 0 aliphatic heterocycles. The minimum absolute atomic E-state index is 0.306. The minimum atomic E-state index is -0.805. The van der Waals surface area contributed by atoms with Crippen LogP contribution in [-0.4, -0.2) is 5.11 Å². The third kappa shape index (κ3) is 2.89. The van der Waals surface area contributed by atoms with Gasteiger partial charge in [0.25, 0.3) is 0 Å². The van der Waals surface area contributed by atoms with Gasteiger partial charge in [0, 0.05) is 6.42 Å². The number of aliphatic hydroxyl groups excluding tert-OH is 1. The average molecular weight is 178 g/mol. The molecule has 0 fully saturated rings. The first-order chi connectivity index (χ1) is 6.24. The lowest BCUT2D eigenvalue weighted by Gasteiger charge is -2.02. The van der Waals surface area contributed by atoms with Crippen molar-refractivity contribution in [1.82, 2.24) is 0 Å². The zero-order valence-electron chi connectivity index (χ0n) is 7.42. The molecule has 1 aromatic rings. The zero-order chi connectivity index (χ0) is 9.68. The largest absolute Gasteiger partial charge is 0.376 e. The van der Waals surface area contributed by atoms with Crippen LogP contribution in [-0.2, 0) is 0 Å². The van der Waals surface area contributed by atoms with E-state index >= 15 is 0 Å². The molecule has 0 bridgehead atoms. The number of rotatable bonds is 1. The molecule has 1 atom stereocenters. The highest BCUT2D eigenvalue weighted by Gasteiger charge is 2.02. The van der Waals surface area contributed by atoms with E-state index in [-0.39, 0.29) is 5.82 Å². The summed E-state index contributed by atoms with van der Waals surface area (Å²) in [6.45, 7) is 1.91. The molecule has 1 aromatic carbocycles. The standard InChI is InChI=1S/C11H11FO/c1-2-3-4-11(13)9-5-7-10(12)8-6-9/h5-8,11,13H,2H2,1H3. The summed E-state index contributed by atoms with van der Waals surface area (Å²) in [5.41, 5.74) is 0.627. The number of aliphatic hydroxyl groups is 1. The second-order valence-corrected chi connectivity index (χ2v) is 2.63. The molecule has 0 amide bonds. The highest BCUT2D eigenvalue weighted by molar-refractivity contribution is 5.25. The smallest absolute Gasteiger partial charge is 0.140 e. The summed E-state index contributed by atoms with van der Waals surface area (Å²) in [6.07, 6.45) is -0.0984. The van der Waals surface area contributed by atoms with Gasteiger partial charge >= 0.3 is 0 Å². The van der Waals surface area contributed by atoms with E-state index in [2.05, 4.69) is 11.8 Å². The van der Waals surface area contributed by atoms with Crippen LogP contribution in [0.3, 0.4) is 0 Å². The van der Waals surface area contributed by atoms with Gasteiger partial charge in [-0.1, -0.05) is 25.0 Å². The highest BCUT2D eigenvalue weighted by atomic mass is 19.1. The van der Waals surface area contributed by atoms with Gasteiger partial charge in [0.2, 0.25) is 0 Å². The third-order valence-corrected chi connectivity index (χ3v) is 1.60. The molecule has 2 heteroatoms. The highest BCUT2D eigenvalue weighted by Crippen LogP contribution is 2.11. The van der Waals surface area contributed by atoms with Gasteiger partial charge in [0.15, 0.2) is 0 Å². The average Bonchev–Trinajstić information content (AvgIpc) is 2.15. The maximum absolute atomic E-state index is 12.5. The second kappa shape index (κ2) is 4.64. The molecule has 0 aliphatic rings. The van der Waals surface area contributed by atoms with E-state index in [0.717, 1.165) is 0 Å². The maximum atomic E-state index is 12.5. The predicted octanol–water partition coefficient (Wildman–Crippen LogP) is 2.27. The molecule has 1 nitrogen and oxygen atoms in total. The summed E-state index contributed by atoms with van der Waals surface area (Å²) in [5.74, 6) is 5.11. The molecule has 0 heterocycles. The molecule has 13 heavy (non-hydrogen) atoms. The Morgan fingerprint density at radius 1 is 1.38 bits per heavy atom. The van der Waals surface area contributed by atoms with Gasteiger partial charge in [-0.15, -0.1) is 5.92 Å². The van der Waals surface area contributed by atoms with Crippen LogP contribution < -0.4 is 0 Å². The summed E-state index contributed by atoms with van der Waals surface area (Å²) >= 11 is 0. The van der Waals surface area contributed by atoms with Crippen LogP contribution in [0.2, 0.25) is 0 Å². The van der Waals surface area contributed by atoms with Crippen molar-refractivity contribution in [2.75, 3.05) is 0 Å². The summed E-state index contributed by atoms with van der Waals surface area (Å²) in [5, 5.41) is 9.45. The molecular weight excluding hydrogens is 167 g/mol. The Kier molecular flexibility index (Phi) is 3.48. The Morgan fingerprint density at radius 3 is 2.54 bits per heavy atom. The van der Waals surface area contributed by atoms with Crippen LogP contribution in [0.15, 0.2) is 24.3 Å². The van der Waals surface area contributed by atoms with E-state index in [4.69, 9.17) is 0 Å². The van der Waals surface area contributed by atoms with Crippen LogP contribution >= 0.6 is 0 Å². The van der Waals surface area contributed by atoms with Crippen molar-refractivity contribution < 1.29 is 9.50 Å². The molecule has 68 valence electrons. The van der Waals surface area contributed by atoms with Gasteiger partial charge in [-0.3, -0.25) is 0 Å². The first-order valence-corrected chi connectivity index (χ1v) is 4.16. The van der Waals surface area contributed by atoms with Gasteiger partial charge in [0.1, 0.15) is 11.9 Å². The Balaban J connectivity index is 2.77. The molecule has 1 unspecified atom stereocenters. The molecule has 1 N–H and O–H groups in total. The predicted molar refractivity (Wildman–Crippen MR) is 49.4 cm³/mol. The summed E-state index contributed by atoms with van der Waals surface area (Å²) < 4.78 is 12.5. The van der Waals surface area contributed by atoms with Crippen LogP contribution in [0, 0.1) is 17.7 Å². The Hall–Kier alpha value is -1.33.